The SMILES string of the molecule is Cc1nc(C2CCCCC2)sc1-c1ccnc(Nc2ccc(C(F)(F)F)cc2)n1. The van der Waals surface area contributed by atoms with Crippen molar-refractivity contribution >= 4 is 23.0 Å². The molecule has 1 N–H and O–H groups in total. The molecule has 3 aromatic rings. The molecule has 1 saturated carbocycles. The van der Waals surface area contributed by atoms with Gasteiger partial charge in [0.1, 0.15) is 0 Å². The van der Waals surface area contributed by atoms with E-state index in [2.05, 4.69) is 15.3 Å². The molecule has 0 amide bonds. The highest BCUT2D eigenvalue weighted by atomic mass is 32.1. The second kappa shape index (κ2) is 8.10. The maximum absolute atomic E-state index is 12.7. The van der Waals surface area contributed by atoms with Gasteiger partial charge in [-0.1, -0.05) is 19.3 Å². The summed E-state index contributed by atoms with van der Waals surface area (Å²) in [5.41, 5.74) is 1.54. The van der Waals surface area contributed by atoms with Gasteiger partial charge in [-0.25, -0.2) is 15.0 Å². The lowest BCUT2D eigenvalue weighted by Crippen LogP contribution is -2.04. The predicted octanol–water partition coefficient (Wildman–Crippen LogP) is 6.72. The van der Waals surface area contributed by atoms with Gasteiger partial charge >= 0.3 is 6.18 Å². The van der Waals surface area contributed by atoms with E-state index < -0.39 is 11.7 Å². The Morgan fingerprint density at radius 2 is 1.72 bits per heavy atom. The largest absolute Gasteiger partial charge is 0.416 e. The van der Waals surface area contributed by atoms with Gasteiger partial charge in [-0.15, -0.1) is 11.3 Å². The van der Waals surface area contributed by atoms with Gasteiger partial charge in [-0.05, 0) is 50.1 Å². The summed E-state index contributed by atoms with van der Waals surface area (Å²) in [5.74, 6) is 0.877. The van der Waals surface area contributed by atoms with Gasteiger partial charge < -0.3 is 5.32 Å². The van der Waals surface area contributed by atoms with E-state index in [0.717, 1.165) is 28.4 Å². The molecule has 4 nitrogen and oxygen atoms in total. The molecule has 0 aliphatic heterocycles. The molecule has 4 rings (SSSR count). The Morgan fingerprint density at radius 1 is 1.00 bits per heavy atom. The maximum Gasteiger partial charge on any atom is 0.416 e. The van der Waals surface area contributed by atoms with Crippen LogP contribution < -0.4 is 5.32 Å². The van der Waals surface area contributed by atoms with Crippen molar-refractivity contribution in [2.24, 2.45) is 0 Å². The molecule has 0 unspecified atom stereocenters. The number of anilines is 2. The quantitative estimate of drug-likeness (QED) is 0.511. The van der Waals surface area contributed by atoms with Crippen molar-refractivity contribution < 1.29 is 13.2 Å². The first-order chi connectivity index (χ1) is 13.9. The fourth-order valence-corrected chi connectivity index (χ4v) is 4.80. The molecule has 0 bridgehead atoms. The molecule has 2 heterocycles. The highest BCUT2D eigenvalue weighted by Gasteiger charge is 2.30. The molecule has 1 aliphatic rings. The monoisotopic (exact) mass is 418 g/mol. The summed E-state index contributed by atoms with van der Waals surface area (Å²) in [6, 6.07) is 6.66. The van der Waals surface area contributed by atoms with Crippen molar-refractivity contribution in [1.29, 1.82) is 0 Å². The number of aromatic nitrogens is 3. The number of nitrogens with zero attached hydrogens (tertiary/aromatic N) is 3. The molecular formula is C21H21F3N4S. The third-order valence-electron chi connectivity index (χ3n) is 5.12. The van der Waals surface area contributed by atoms with Gasteiger partial charge in [0.05, 0.1) is 26.8 Å². The Balaban J connectivity index is 1.54. The van der Waals surface area contributed by atoms with E-state index >= 15 is 0 Å². The molecule has 0 saturated heterocycles. The van der Waals surface area contributed by atoms with Crippen LogP contribution in [0, 0.1) is 6.92 Å². The summed E-state index contributed by atoms with van der Waals surface area (Å²) in [4.78, 5) is 14.6. The van der Waals surface area contributed by atoms with E-state index in [0.29, 0.717) is 17.6 Å². The number of benzene rings is 1. The topological polar surface area (TPSA) is 50.7 Å². The summed E-state index contributed by atoms with van der Waals surface area (Å²) >= 11 is 1.68. The predicted molar refractivity (Wildman–Crippen MR) is 108 cm³/mol. The molecule has 2 aromatic heterocycles. The first-order valence-corrected chi connectivity index (χ1v) is 10.5. The normalized spacial score (nSPS) is 15.4. The smallest absolute Gasteiger partial charge is 0.324 e. The van der Waals surface area contributed by atoms with Crippen LogP contribution in [0.25, 0.3) is 10.6 Å². The van der Waals surface area contributed by atoms with E-state index in [1.807, 2.05) is 13.0 Å². The van der Waals surface area contributed by atoms with Crippen molar-refractivity contribution in [1.82, 2.24) is 15.0 Å². The fraction of sp³-hybridized carbons (Fsp3) is 0.381. The summed E-state index contributed by atoms with van der Waals surface area (Å²) in [6.07, 6.45) is 3.50. The first kappa shape index (κ1) is 19.8. The minimum atomic E-state index is -4.35. The van der Waals surface area contributed by atoms with Crippen molar-refractivity contribution in [2.75, 3.05) is 5.32 Å². The number of aryl methyl sites for hydroxylation is 1. The average Bonchev–Trinajstić information content (AvgIpc) is 3.10. The number of hydrogen-bond donors (Lipinski definition) is 1. The molecular weight excluding hydrogens is 397 g/mol. The van der Waals surface area contributed by atoms with Crippen molar-refractivity contribution in [3.8, 4) is 10.6 Å². The minimum absolute atomic E-state index is 0.342. The molecule has 152 valence electrons. The Labute approximate surface area is 171 Å². The van der Waals surface area contributed by atoms with Gasteiger partial charge in [-0.3, -0.25) is 0 Å². The highest BCUT2D eigenvalue weighted by molar-refractivity contribution is 7.15. The zero-order valence-corrected chi connectivity index (χ0v) is 16.8. The van der Waals surface area contributed by atoms with Crippen molar-refractivity contribution in [3.05, 3.63) is 52.8 Å². The lowest BCUT2D eigenvalue weighted by Gasteiger charge is -2.18. The van der Waals surface area contributed by atoms with Gasteiger partial charge in [-0.2, -0.15) is 13.2 Å². The summed E-state index contributed by atoms with van der Waals surface area (Å²) in [6.45, 7) is 1.99. The highest BCUT2D eigenvalue weighted by Crippen LogP contribution is 2.39. The lowest BCUT2D eigenvalue weighted by atomic mass is 9.90. The Morgan fingerprint density at radius 3 is 2.41 bits per heavy atom. The van der Waals surface area contributed by atoms with Crippen LogP contribution in [0.4, 0.5) is 24.8 Å². The van der Waals surface area contributed by atoms with Crippen LogP contribution in [0.1, 0.15) is 54.3 Å². The first-order valence-electron chi connectivity index (χ1n) is 9.65. The van der Waals surface area contributed by atoms with E-state index in [9.17, 15) is 13.2 Å². The molecule has 1 aromatic carbocycles. The van der Waals surface area contributed by atoms with Crippen LogP contribution in [-0.2, 0) is 6.18 Å². The van der Waals surface area contributed by atoms with Gasteiger partial charge in [0, 0.05) is 17.8 Å². The van der Waals surface area contributed by atoms with Crippen LogP contribution in [0.5, 0.6) is 0 Å². The van der Waals surface area contributed by atoms with Crippen LogP contribution in [0.2, 0.25) is 0 Å². The Kier molecular flexibility index (Phi) is 5.54. The molecule has 0 radical (unpaired) electrons. The second-order valence-corrected chi connectivity index (χ2v) is 8.30. The molecule has 1 fully saturated rings. The average molecular weight is 418 g/mol. The molecule has 29 heavy (non-hydrogen) atoms. The Bertz CT molecular complexity index is 976. The number of thiazole rings is 1. The van der Waals surface area contributed by atoms with E-state index in [1.54, 1.807) is 17.5 Å². The number of nitrogens with one attached hydrogen (secondary N) is 1. The minimum Gasteiger partial charge on any atom is -0.324 e. The summed E-state index contributed by atoms with van der Waals surface area (Å²) in [7, 11) is 0. The van der Waals surface area contributed by atoms with Gasteiger partial charge in [0.2, 0.25) is 5.95 Å². The van der Waals surface area contributed by atoms with E-state index in [1.165, 1.54) is 49.2 Å². The number of alkyl halides is 3. The van der Waals surface area contributed by atoms with Gasteiger partial charge in [0.15, 0.2) is 0 Å². The third-order valence-corrected chi connectivity index (χ3v) is 6.47. The number of rotatable bonds is 4. The van der Waals surface area contributed by atoms with Crippen molar-refractivity contribution in [2.45, 2.75) is 51.1 Å². The molecule has 0 atom stereocenters. The van der Waals surface area contributed by atoms with Crippen LogP contribution >= 0.6 is 11.3 Å². The summed E-state index contributed by atoms with van der Waals surface area (Å²) in [5, 5.41) is 4.15. The number of hydrogen-bond acceptors (Lipinski definition) is 5. The molecule has 8 heteroatoms. The van der Waals surface area contributed by atoms with Crippen molar-refractivity contribution in [3.63, 3.8) is 0 Å². The zero-order chi connectivity index (χ0) is 20.4. The van der Waals surface area contributed by atoms with Gasteiger partial charge in [0.25, 0.3) is 0 Å². The van der Waals surface area contributed by atoms with Crippen LogP contribution in [0.15, 0.2) is 36.5 Å². The number of halogens is 3. The van der Waals surface area contributed by atoms with E-state index in [4.69, 9.17) is 4.98 Å². The standard InChI is InChI=1S/C21H21F3N4S/c1-13-18(29-19(26-13)14-5-3-2-4-6-14)17-11-12-25-20(28-17)27-16-9-7-15(8-10-16)21(22,23)24/h7-12,14H,2-6H2,1H3,(H,25,27,28). The second-order valence-electron chi connectivity index (χ2n) is 7.27. The zero-order valence-electron chi connectivity index (χ0n) is 16.0. The lowest BCUT2D eigenvalue weighted by molar-refractivity contribution is -0.137. The Hall–Kier alpha value is -2.48. The maximum atomic E-state index is 12.7. The molecule has 1 aliphatic carbocycles. The fourth-order valence-electron chi connectivity index (χ4n) is 3.60. The van der Waals surface area contributed by atoms with Crippen LogP contribution in [0.3, 0.4) is 0 Å². The van der Waals surface area contributed by atoms with Crippen LogP contribution in [-0.4, -0.2) is 15.0 Å². The summed E-state index contributed by atoms with van der Waals surface area (Å²) < 4.78 is 38.1. The third kappa shape index (κ3) is 4.58. The van der Waals surface area contributed by atoms with E-state index in [-0.39, 0.29) is 0 Å². The molecule has 0 spiro atoms.